The summed E-state index contributed by atoms with van der Waals surface area (Å²) < 4.78 is 0. The number of rotatable bonds is 5. The van der Waals surface area contributed by atoms with E-state index in [1.165, 1.54) is 43.4 Å². The van der Waals surface area contributed by atoms with Crippen LogP contribution in [0.1, 0.15) is 0 Å². The van der Waals surface area contributed by atoms with E-state index in [2.05, 4.69) is 96.0 Å². The summed E-state index contributed by atoms with van der Waals surface area (Å²) in [5, 5.41) is 7.25. The Bertz CT molecular complexity index is 2500. The molecule has 0 atom stereocenters. The van der Waals surface area contributed by atoms with Crippen molar-refractivity contribution in [2.24, 2.45) is 0 Å². The molecule has 0 N–H and O–H groups in total. The number of fused-ring (bicyclic) bond motifs is 6. The Hall–Kier alpha value is -6.52. The van der Waals surface area contributed by atoms with Crippen LogP contribution < -0.4 is 0 Å². The molecule has 0 fully saturated rings. The molecular weight excluding hydrogens is 585 g/mol. The highest BCUT2D eigenvalue weighted by Crippen LogP contribution is 2.39. The average molecular weight is 613 g/mol. The number of aromatic nitrogens is 4. The van der Waals surface area contributed by atoms with Crippen LogP contribution in [0, 0.1) is 0 Å². The predicted molar refractivity (Wildman–Crippen MR) is 197 cm³/mol. The topological polar surface area (TPSA) is 51.6 Å². The third-order valence-electron chi connectivity index (χ3n) is 9.01. The zero-order valence-corrected chi connectivity index (χ0v) is 26.0. The van der Waals surface area contributed by atoms with Crippen molar-refractivity contribution < 1.29 is 0 Å². The lowest BCUT2D eigenvalue weighted by Crippen LogP contribution is -2.00. The summed E-state index contributed by atoms with van der Waals surface area (Å²) >= 11 is 0. The van der Waals surface area contributed by atoms with Gasteiger partial charge in [0.2, 0.25) is 0 Å². The quantitative estimate of drug-likeness (QED) is 0.181. The summed E-state index contributed by atoms with van der Waals surface area (Å²) in [5.74, 6) is 1.96. The van der Waals surface area contributed by atoms with Crippen molar-refractivity contribution in [1.29, 1.82) is 0 Å². The highest BCUT2D eigenvalue weighted by molar-refractivity contribution is 6.26. The maximum Gasteiger partial charge on any atom is 0.164 e. The molecular formula is C44H28N4. The summed E-state index contributed by atoms with van der Waals surface area (Å²) in [6.45, 7) is 0. The molecule has 224 valence electrons. The lowest BCUT2D eigenvalue weighted by Gasteiger charge is -2.14. The molecule has 0 aliphatic rings. The molecule has 2 aromatic heterocycles. The number of pyridine rings is 1. The van der Waals surface area contributed by atoms with Gasteiger partial charge < -0.3 is 0 Å². The van der Waals surface area contributed by atoms with E-state index in [0.29, 0.717) is 17.5 Å². The molecule has 0 saturated heterocycles. The summed E-state index contributed by atoms with van der Waals surface area (Å²) in [5.41, 5.74) is 7.51. The molecule has 0 aliphatic heterocycles. The van der Waals surface area contributed by atoms with E-state index in [0.717, 1.165) is 27.8 Å². The van der Waals surface area contributed by atoms with Crippen LogP contribution in [0.15, 0.2) is 170 Å². The standard InChI is InChI=1S/C44H28N4/c1-3-10-31(11-4-1)42-46-43(32-12-5-2-6-13-32)48-44(47-42)34-22-24-39-38-23-21-33(26-40(38)36-15-7-8-16-37(36)41(39)27-34)29-17-19-30(20-18-29)35-14-9-25-45-28-35/h1-28H. The number of benzene rings is 7. The van der Waals surface area contributed by atoms with Crippen molar-refractivity contribution in [2.45, 2.75) is 0 Å². The SMILES string of the molecule is c1ccc(-c2nc(-c3ccccc3)nc(-c3ccc4c5ccc(-c6ccc(-c7cccnc7)cc6)cc5c5ccccc5c4c3)n2)cc1. The Morgan fingerprint density at radius 3 is 1.23 bits per heavy atom. The molecule has 9 aromatic rings. The molecule has 0 aliphatic carbocycles. The van der Waals surface area contributed by atoms with Crippen LogP contribution >= 0.6 is 0 Å². The van der Waals surface area contributed by atoms with Crippen molar-refractivity contribution in [2.75, 3.05) is 0 Å². The Kier molecular flexibility index (Phi) is 6.76. The molecule has 0 radical (unpaired) electrons. The van der Waals surface area contributed by atoms with Crippen molar-refractivity contribution >= 4 is 32.3 Å². The smallest absolute Gasteiger partial charge is 0.164 e. The highest BCUT2D eigenvalue weighted by atomic mass is 15.0. The summed E-state index contributed by atoms with van der Waals surface area (Å²) in [6, 6.07) is 55.1. The highest BCUT2D eigenvalue weighted by Gasteiger charge is 2.15. The van der Waals surface area contributed by atoms with Crippen LogP contribution in [0.3, 0.4) is 0 Å². The Morgan fingerprint density at radius 2 is 0.688 bits per heavy atom. The van der Waals surface area contributed by atoms with E-state index in [9.17, 15) is 0 Å². The van der Waals surface area contributed by atoms with Gasteiger partial charge in [0.25, 0.3) is 0 Å². The lowest BCUT2D eigenvalue weighted by molar-refractivity contribution is 1.07. The lowest BCUT2D eigenvalue weighted by atomic mass is 9.91. The molecule has 4 nitrogen and oxygen atoms in total. The zero-order valence-electron chi connectivity index (χ0n) is 26.0. The molecule has 2 heterocycles. The van der Waals surface area contributed by atoms with Crippen molar-refractivity contribution in [3.05, 3.63) is 170 Å². The van der Waals surface area contributed by atoms with Crippen molar-refractivity contribution in [1.82, 2.24) is 19.9 Å². The van der Waals surface area contributed by atoms with Gasteiger partial charge in [-0.1, -0.05) is 140 Å². The molecule has 0 bridgehead atoms. The first-order chi connectivity index (χ1) is 23.8. The van der Waals surface area contributed by atoms with E-state index in [1.807, 2.05) is 72.9 Å². The van der Waals surface area contributed by atoms with E-state index in [-0.39, 0.29) is 0 Å². The fourth-order valence-corrected chi connectivity index (χ4v) is 6.60. The first-order valence-corrected chi connectivity index (χ1v) is 16.0. The predicted octanol–water partition coefficient (Wildman–Crippen LogP) is 11.1. The van der Waals surface area contributed by atoms with Gasteiger partial charge in [0.05, 0.1) is 0 Å². The van der Waals surface area contributed by atoms with E-state index in [1.54, 1.807) is 6.20 Å². The Labute approximate surface area is 278 Å². The van der Waals surface area contributed by atoms with Crippen LogP contribution in [0.25, 0.3) is 88.7 Å². The number of nitrogens with zero attached hydrogens (tertiary/aromatic N) is 4. The van der Waals surface area contributed by atoms with Crippen LogP contribution in [0.2, 0.25) is 0 Å². The monoisotopic (exact) mass is 612 g/mol. The van der Waals surface area contributed by atoms with Gasteiger partial charge in [0.15, 0.2) is 17.5 Å². The number of hydrogen-bond donors (Lipinski definition) is 0. The largest absolute Gasteiger partial charge is 0.264 e. The van der Waals surface area contributed by atoms with Gasteiger partial charge in [-0.25, -0.2) is 15.0 Å². The summed E-state index contributed by atoms with van der Waals surface area (Å²) in [4.78, 5) is 19.1. The maximum absolute atomic E-state index is 4.99. The van der Waals surface area contributed by atoms with Crippen LogP contribution in [0.5, 0.6) is 0 Å². The third kappa shape index (κ3) is 4.97. The maximum atomic E-state index is 4.99. The van der Waals surface area contributed by atoms with Gasteiger partial charge in [-0.05, 0) is 72.8 Å². The second kappa shape index (κ2) is 11.7. The van der Waals surface area contributed by atoms with Gasteiger partial charge in [0, 0.05) is 29.1 Å². The molecule has 0 amide bonds. The van der Waals surface area contributed by atoms with E-state index >= 15 is 0 Å². The van der Waals surface area contributed by atoms with Crippen LogP contribution in [0.4, 0.5) is 0 Å². The minimum absolute atomic E-state index is 0.652. The van der Waals surface area contributed by atoms with E-state index in [4.69, 9.17) is 15.0 Å². The Morgan fingerprint density at radius 1 is 0.271 bits per heavy atom. The van der Waals surface area contributed by atoms with Gasteiger partial charge in [-0.3, -0.25) is 4.98 Å². The minimum atomic E-state index is 0.652. The van der Waals surface area contributed by atoms with Gasteiger partial charge in [-0.15, -0.1) is 0 Å². The first-order valence-electron chi connectivity index (χ1n) is 16.0. The third-order valence-corrected chi connectivity index (χ3v) is 9.01. The molecule has 0 spiro atoms. The summed E-state index contributed by atoms with van der Waals surface area (Å²) in [6.07, 6.45) is 3.71. The molecule has 48 heavy (non-hydrogen) atoms. The molecule has 0 unspecified atom stereocenters. The van der Waals surface area contributed by atoms with Crippen molar-refractivity contribution in [3.8, 4) is 56.4 Å². The summed E-state index contributed by atoms with van der Waals surface area (Å²) in [7, 11) is 0. The van der Waals surface area contributed by atoms with Gasteiger partial charge in [-0.2, -0.15) is 0 Å². The van der Waals surface area contributed by atoms with Crippen LogP contribution in [-0.4, -0.2) is 19.9 Å². The fourth-order valence-electron chi connectivity index (χ4n) is 6.60. The van der Waals surface area contributed by atoms with Crippen molar-refractivity contribution in [3.63, 3.8) is 0 Å². The molecule has 7 aromatic carbocycles. The normalized spacial score (nSPS) is 11.3. The zero-order chi connectivity index (χ0) is 31.9. The molecule has 9 rings (SSSR count). The van der Waals surface area contributed by atoms with Gasteiger partial charge in [0.1, 0.15) is 0 Å². The number of hydrogen-bond acceptors (Lipinski definition) is 4. The minimum Gasteiger partial charge on any atom is -0.264 e. The second-order valence-corrected chi connectivity index (χ2v) is 11.9. The first kappa shape index (κ1) is 27.8. The molecule has 0 saturated carbocycles. The molecule has 4 heteroatoms. The second-order valence-electron chi connectivity index (χ2n) is 11.9. The average Bonchev–Trinajstić information content (AvgIpc) is 3.18. The van der Waals surface area contributed by atoms with Crippen LogP contribution in [-0.2, 0) is 0 Å². The van der Waals surface area contributed by atoms with E-state index < -0.39 is 0 Å². The Balaban J connectivity index is 1.19. The van der Waals surface area contributed by atoms with Gasteiger partial charge >= 0.3 is 0 Å². The fraction of sp³-hybridized carbons (Fsp3) is 0.